The first kappa shape index (κ1) is 11.0. The molecule has 3 nitrogen and oxygen atoms in total. The second kappa shape index (κ2) is 3.68. The SMILES string of the molecule is Cc1ccc([C@@]2(O)NC(=O)c3ccccc32)cc1. The molecule has 0 aliphatic carbocycles. The number of carbonyl (C=O) groups excluding carboxylic acids is 1. The van der Waals surface area contributed by atoms with E-state index < -0.39 is 5.72 Å². The molecule has 3 heteroatoms. The maximum atomic E-state index is 11.9. The Hall–Kier alpha value is -2.13. The molecule has 1 atom stereocenters. The van der Waals surface area contributed by atoms with Gasteiger partial charge in [-0.05, 0) is 13.0 Å². The molecule has 1 heterocycles. The highest BCUT2D eigenvalue weighted by Gasteiger charge is 2.42. The van der Waals surface area contributed by atoms with Crippen molar-refractivity contribution in [1.29, 1.82) is 0 Å². The maximum absolute atomic E-state index is 11.9. The Morgan fingerprint density at radius 3 is 2.44 bits per heavy atom. The van der Waals surface area contributed by atoms with Gasteiger partial charge >= 0.3 is 0 Å². The Bertz CT molecular complexity index is 619. The van der Waals surface area contributed by atoms with Crippen LogP contribution in [0.25, 0.3) is 0 Å². The molecule has 0 bridgehead atoms. The molecule has 0 spiro atoms. The Morgan fingerprint density at radius 2 is 1.72 bits per heavy atom. The molecule has 18 heavy (non-hydrogen) atoms. The molecular formula is C15H13NO2. The van der Waals surface area contributed by atoms with Crippen molar-refractivity contribution < 1.29 is 9.90 Å². The van der Waals surface area contributed by atoms with Crippen molar-refractivity contribution in [2.75, 3.05) is 0 Å². The lowest BCUT2D eigenvalue weighted by molar-refractivity contribution is 0.0476. The molecule has 0 saturated carbocycles. The minimum Gasteiger partial charge on any atom is -0.363 e. The van der Waals surface area contributed by atoms with E-state index >= 15 is 0 Å². The van der Waals surface area contributed by atoms with Crippen LogP contribution in [0, 0.1) is 6.92 Å². The summed E-state index contributed by atoms with van der Waals surface area (Å²) in [7, 11) is 0. The largest absolute Gasteiger partial charge is 0.363 e. The van der Waals surface area contributed by atoms with Crippen LogP contribution in [-0.4, -0.2) is 11.0 Å². The van der Waals surface area contributed by atoms with E-state index in [1.165, 1.54) is 0 Å². The quantitative estimate of drug-likeness (QED) is 0.799. The van der Waals surface area contributed by atoms with Crippen LogP contribution in [0.2, 0.25) is 0 Å². The number of nitrogens with one attached hydrogen (secondary N) is 1. The lowest BCUT2D eigenvalue weighted by Gasteiger charge is -2.24. The molecule has 0 unspecified atom stereocenters. The van der Waals surface area contributed by atoms with Gasteiger partial charge in [-0.25, -0.2) is 0 Å². The Labute approximate surface area is 105 Å². The third kappa shape index (κ3) is 1.45. The van der Waals surface area contributed by atoms with Crippen LogP contribution in [0.3, 0.4) is 0 Å². The zero-order valence-electron chi connectivity index (χ0n) is 9.97. The Balaban J connectivity index is 2.17. The average Bonchev–Trinajstić information content (AvgIpc) is 2.64. The number of hydrogen-bond acceptors (Lipinski definition) is 2. The van der Waals surface area contributed by atoms with Crippen molar-refractivity contribution in [1.82, 2.24) is 5.32 Å². The van der Waals surface area contributed by atoms with Crippen molar-refractivity contribution in [3.63, 3.8) is 0 Å². The first-order valence-electron chi connectivity index (χ1n) is 5.83. The number of amides is 1. The summed E-state index contributed by atoms with van der Waals surface area (Å²) in [4.78, 5) is 11.9. The zero-order valence-corrected chi connectivity index (χ0v) is 9.97. The van der Waals surface area contributed by atoms with Gasteiger partial charge in [0.1, 0.15) is 0 Å². The average molecular weight is 239 g/mol. The van der Waals surface area contributed by atoms with E-state index in [9.17, 15) is 9.90 Å². The highest BCUT2D eigenvalue weighted by molar-refractivity contribution is 6.00. The third-order valence-corrected chi connectivity index (χ3v) is 3.33. The number of aryl methyl sites for hydroxylation is 1. The van der Waals surface area contributed by atoms with E-state index in [2.05, 4.69) is 5.32 Å². The number of benzene rings is 2. The summed E-state index contributed by atoms with van der Waals surface area (Å²) in [5.74, 6) is -0.242. The first-order valence-corrected chi connectivity index (χ1v) is 5.83. The lowest BCUT2D eigenvalue weighted by Crippen LogP contribution is -2.40. The molecule has 0 aromatic heterocycles. The molecule has 1 amide bonds. The van der Waals surface area contributed by atoms with E-state index in [1.54, 1.807) is 18.2 Å². The summed E-state index contributed by atoms with van der Waals surface area (Å²) in [6.45, 7) is 1.98. The van der Waals surface area contributed by atoms with Crippen molar-refractivity contribution in [2.45, 2.75) is 12.6 Å². The fourth-order valence-corrected chi connectivity index (χ4v) is 2.32. The lowest BCUT2D eigenvalue weighted by atomic mass is 9.94. The van der Waals surface area contributed by atoms with Crippen LogP contribution in [-0.2, 0) is 5.72 Å². The van der Waals surface area contributed by atoms with Gasteiger partial charge in [0, 0.05) is 16.7 Å². The highest BCUT2D eigenvalue weighted by Crippen LogP contribution is 2.34. The Kier molecular flexibility index (Phi) is 2.25. The van der Waals surface area contributed by atoms with Crippen LogP contribution in [0.15, 0.2) is 48.5 Å². The van der Waals surface area contributed by atoms with Gasteiger partial charge < -0.3 is 10.4 Å². The van der Waals surface area contributed by atoms with E-state index in [4.69, 9.17) is 0 Å². The van der Waals surface area contributed by atoms with Gasteiger partial charge in [0.15, 0.2) is 5.72 Å². The van der Waals surface area contributed by atoms with Crippen molar-refractivity contribution in [2.24, 2.45) is 0 Å². The van der Waals surface area contributed by atoms with E-state index in [-0.39, 0.29) is 5.91 Å². The van der Waals surface area contributed by atoms with Crippen molar-refractivity contribution >= 4 is 5.91 Å². The number of fused-ring (bicyclic) bond motifs is 1. The van der Waals surface area contributed by atoms with Crippen LogP contribution < -0.4 is 5.32 Å². The molecule has 0 fully saturated rings. The zero-order chi connectivity index (χ0) is 12.8. The Morgan fingerprint density at radius 1 is 1.06 bits per heavy atom. The van der Waals surface area contributed by atoms with Crippen LogP contribution in [0.5, 0.6) is 0 Å². The van der Waals surface area contributed by atoms with Gasteiger partial charge in [0.2, 0.25) is 0 Å². The molecule has 3 rings (SSSR count). The minimum absolute atomic E-state index is 0.242. The predicted molar refractivity (Wildman–Crippen MR) is 68.1 cm³/mol. The highest BCUT2D eigenvalue weighted by atomic mass is 16.3. The van der Waals surface area contributed by atoms with Gasteiger partial charge in [0.05, 0.1) is 0 Å². The monoisotopic (exact) mass is 239 g/mol. The summed E-state index contributed by atoms with van der Waals surface area (Å²) in [6.07, 6.45) is 0. The standard InChI is InChI=1S/C15H13NO2/c1-10-6-8-11(9-7-10)15(18)13-5-3-2-4-12(13)14(17)16-15/h2-9,18H,1H3,(H,16,17)/t15-/m0/s1. The number of aliphatic hydroxyl groups is 1. The summed E-state index contributed by atoms with van der Waals surface area (Å²) < 4.78 is 0. The molecule has 90 valence electrons. The molecule has 2 N–H and O–H groups in total. The molecule has 0 radical (unpaired) electrons. The molecule has 0 saturated heterocycles. The topological polar surface area (TPSA) is 49.3 Å². The molecule has 1 aliphatic rings. The first-order chi connectivity index (χ1) is 8.61. The van der Waals surface area contributed by atoms with Crippen LogP contribution in [0.4, 0.5) is 0 Å². The van der Waals surface area contributed by atoms with Crippen LogP contribution >= 0.6 is 0 Å². The fraction of sp³-hybridized carbons (Fsp3) is 0.133. The maximum Gasteiger partial charge on any atom is 0.254 e. The van der Waals surface area contributed by atoms with Crippen LogP contribution in [0.1, 0.15) is 27.0 Å². The molecule has 1 aliphatic heterocycles. The normalized spacial score (nSPS) is 21.6. The van der Waals surface area contributed by atoms with Gasteiger partial charge in [-0.2, -0.15) is 0 Å². The van der Waals surface area contributed by atoms with Gasteiger partial charge in [0.25, 0.3) is 5.91 Å². The van der Waals surface area contributed by atoms with E-state index in [0.717, 1.165) is 5.56 Å². The second-order valence-electron chi connectivity index (χ2n) is 4.58. The van der Waals surface area contributed by atoms with Gasteiger partial charge in [-0.15, -0.1) is 0 Å². The number of rotatable bonds is 1. The molecule has 2 aromatic rings. The minimum atomic E-state index is -1.42. The van der Waals surface area contributed by atoms with E-state index in [0.29, 0.717) is 16.7 Å². The predicted octanol–water partition coefficient (Wildman–Crippen LogP) is 1.93. The number of hydrogen-bond donors (Lipinski definition) is 2. The second-order valence-corrected chi connectivity index (χ2v) is 4.58. The fourth-order valence-electron chi connectivity index (χ4n) is 2.32. The van der Waals surface area contributed by atoms with Crippen molar-refractivity contribution in [3.8, 4) is 0 Å². The third-order valence-electron chi connectivity index (χ3n) is 3.33. The van der Waals surface area contributed by atoms with E-state index in [1.807, 2.05) is 37.3 Å². The summed E-state index contributed by atoms with van der Waals surface area (Å²) >= 11 is 0. The molecular weight excluding hydrogens is 226 g/mol. The smallest absolute Gasteiger partial charge is 0.254 e. The van der Waals surface area contributed by atoms with Gasteiger partial charge in [-0.1, -0.05) is 48.0 Å². The van der Waals surface area contributed by atoms with Crippen molar-refractivity contribution in [3.05, 3.63) is 70.8 Å². The summed E-state index contributed by atoms with van der Waals surface area (Å²) in [5.41, 5.74) is 1.51. The molecule has 2 aromatic carbocycles. The summed E-state index contributed by atoms with van der Waals surface area (Å²) in [6, 6.07) is 14.6. The van der Waals surface area contributed by atoms with Gasteiger partial charge in [-0.3, -0.25) is 4.79 Å². The number of carbonyl (C=O) groups is 1. The summed E-state index contributed by atoms with van der Waals surface area (Å²) in [5, 5.41) is 13.4.